The fourth-order valence-corrected chi connectivity index (χ4v) is 2.83. The summed E-state index contributed by atoms with van der Waals surface area (Å²) >= 11 is 0. The first kappa shape index (κ1) is 21.3. The molecule has 3 rings (SSSR count). The highest BCUT2D eigenvalue weighted by atomic mass is 16.6. The Morgan fingerprint density at radius 2 is 2.03 bits per heavy atom. The third kappa shape index (κ3) is 4.94. The van der Waals surface area contributed by atoms with Gasteiger partial charge in [0.1, 0.15) is 5.54 Å². The van der Waals surface area contributed by atoms with E-state index in [-0.39, 0.29) is 30.8 Å². The van der Waals surface area contributed by atoms with E-state index in [1.807, 2.05) is 0 Å². The van der Waals surface area contributed by atoms with Gasteiger partial charge in [-0.2, -0.15) is 5.10 Å². The minimum absolute atomic E-state index is 0.0286. The summed E-state index contributed by atoms with van der Waals surface area (Å²) < 4.78 is 10.6. The lowest BCUT2D eigenvalue weighted by Crippen LogP contribution is -2.40. The van der Waals surface area contributed by atoms with Gasteiger partial charge in [-0.3, -0.25) is 19.3 Å². The van der Waals surface area contributed by atoms with Gasteiger partial charge in [-0.1, -0.05) is 0 Å². The molecule has 1 aliphatic heterocycles. The standard InChI is InChI=1S/C20H24N4O6/c1-20(2)18(27)24(19(28)22-20)9-8-16(25)23-21-11-12-4-7-14(15(10-12)29-3)30-17(26)13-5-6-13/h4,7,10-11,13H,5-6,8-9H2,1-3H3,(H,22,28)(H,23,25)/b21-11-. The molecule has 0 bridgehead atoms. The van der Waals surface area contributed by atoms with Gasteiger partial charge >= 0.3 is 12.0 Å². The van der Waals surface area contributed by atoms with Crippen LogP contribution in [0.2, 0.25) is 0 Å². The van der Waals surface area contributed by atoms with E-state index in [9.17, 15) is 19.2 Å². The van der Waals surface area contributed by atoms with Crippen LogP contribution in [0.25, 0.3) is 0 Å². The maximum Gasteiger partial charge on any atom is 0.325 e. The molecule has 4 amide bonds. The highest BCUT2D eigenvalue weighted by molar-refractivity contribution is 6.06. The Bertz CT molecular complexity index is 907. The summed E-state index contributed by atoms with van der Waals surface area (Å²) in [5.41, 5.74) is 2.00. The van der Waals surface area contributed by atoms with Gasteiger partial charge < -0.3 is 14.8 Å². The number of rotatable bonds is 8. The summed E-state index contributed by atoms with van der Waals surface area (Å²) in [6.07, 6.45) is 3.02. The van der Waals surface area contributed by atoms with Crippen LogP contribution in [0.3, 0.4) is 0 Å². The zero-order valence-electron chi connectivity index (χ0n) is 17.1. The number of hydrogen-bond acceptors (Lipinski definition) is 7. The third-order valence-electron chi connectivity index (χ3n) is 4.72. The Labute approximate surface area is 173 Å². The Kier molecular flexibility index (Phi) is 6.04. The molecule has 30 heavy (non-hydrogen) atoms. The molecule has 0 spiro atoms. The predicted octanol–water partition coefficient (Wildman–Crippen LogP) is 1.18. The summed E-state index contributed by atoms with van der Waals surface area (Å²) in [4.78, 5) is 48.7. The van der Waals surface area contributed by atoms with Gasteiger partial charge in [-0.25, -0.2) is 10.2 Å². The number of hydrazone groups is 1. The molecule has 2 fully saturated rings. The van der Waals surface area contributed by atoms with Crippen LogP contribution >= 0.6 is 0 Å². The molecule has 160 valence electrons. The van der Waals surface area contributed by atoms with Crippen LogP contribution in [0, 0.1) is 5.92 Å². The number of carbonyl (C=O) groups is 4. The highest BCUT2D eigenvalue weighted by Gasteiger charge is 2.44. The van der Waals surface area contributed by atoms with Crippen molar-refractivity contribution in [3.8, 4) is 11.5 Å². The van der Waals surface area contributed by atoms with Crippen LogP contribution in [0.1, 0.15) is 38.7 Å². The van der Waals surface area contributed by atoms with Crippen molar-refractivity contribution >= 4 is 30.0 Å². The molecule has 1 aromatic carbocycles. The molecule has 1 aliphatic carbocycles. The molecule has 1 saturated heterocycles. The van der Waals surface area contributed by atoms with E-state index < -0.39 is 17.5 Å². The lowest BCUT2D eigenvalue weighted by molar-refractivity contribution is -0.136. The van der Waals surface area contributed by atoms with Crippen molar-refractivity contribution in [2.45, 2.75) is 38.6 Å². The molecule has 2 N–H and O–H groups in total. The Balaban J connectivity index is 1.50. The number of hydrogen-bond donors (Lipinski definition) is 2. The van der Waals surface area contributed by atoms with Gasteiger partial charge in [0.25, 0.3) is 5.91 Å². The summed E-state index contributed by atoms with van der Waals surface area (Å²) in [6.45, 7) is 3.17. The van der Waals surface area contributed by atoms with Crippen LogP contribution in [0.4, 0.5) is 4.79 Å². The van der Waals surface area contributed by atoms with E-state index in [1.54, 1.807) is 32.0 Å². The Morgan fingerprint density at radius 1 is 1.30 bits per heavy atom. The molecule has 10 heteroatoms. The first-order valence-electron chi connectivity index (χ1n) is 9.57. The number of ether oxygens (including phenoxy) is 2. The fourth-order valence-electron chi connectivity index (χ4n) is 2.83. The number of methoxy groups -OCH3 is 1. The number of benzene rings is 1. The number of imide groups is 1. The number of carbonyl (C=O) groups excluding carboxylic acids is 4. The van der Waals surface area contributed by atoms with Gasteiger partial charge in [-0.05, 0) is 50.5 Å². The average Bonchev–Trinajstić information content (AvgIpc) is 3.51. The van der Waals surface area contributed by atoms with E-state index in [4.69, 9.17) is 9.47 Å². The summed E-state index contributed by atoms with van der Waals surface area (Å²) in [5, 5.41) is 6.42. The molecular weight excluding hydrogens is 392 g/mol. The predicted molar refractivity (Wildman–Crippen MR) is 106 cm³/mol. The zero-order chi connectivity index (χ0) is 21.9. The third-order valence-corrected chi connectivity index (χ3v) is 4.72. The van der Waals surface area contributed by atoms with Crippen molar-refractivity contribution in [2.24, 2.45) is 11.0 Å². The SMILES string of the molecule is COc1cc(/C=N\NC(=O)CCN2C(=O)NC(C)(C)C2=O)ccc1OC(=O)C1CC1. The lowest BCUT2D eigenvalue weighted by Gasteiger charge is -2.15. The second-order valence-corrected chi connectivity index (χ2v) is 7.66. The van der Waals surface area contributed by atoms with Crippen molar-refractivity contribution in [3.05, 3.63) is 23.8 Å². The molecule has 1 heterocycles. The smallest absolute Gasteiger partial charge is 0.325 e. The van der Waals surface area contributed by atoms with E-state index in [0.717, 1.165) is 17.7 Å². The maximum atomic E-state index is 12.1. The van der Waals surface area contributed by atoms with Gasteiger partial charge in [0.2, 0.25) is 5.91 Å². The Hall–Kier alpha value is -3.43. The van der Waals surface area contributed by atoms with Crippen LogP contribution in [0.15, 0.2) is 23.3 Å². The largest absolute Gasteiger partial charge is 0.493 e. The number of nitrogens with one attached hydrogen (secondary N) is 2. The topological polar surface area (TPSA) is 126 Å². The number of nitrogens with zero attached hydrogens (tertiary/aromatic N) is 2. The van der Waals surface area contributed by atoms with Gasteiger partial charge in [0, 0.05) is 13.0 Å². The molecule has 0 radical (unpaired) electrons. The zero-order valence-corrected chi connectivity index (χ0v) is 17.1. The molecule has 0 aromatic heterocycles. The van der Waals surface area contributed by atoms with Crippen molar-refractivity contribution < 1.29 is 28.7 Å². The van der Waals surface area contributed by atoms with Crippen LogP contribution < -0.4 is 20.2 Å². The molecule has 1 saturated carbocycles. The minimum atomic E-state index is -0.968. The second-order valence-electron chi connectivity index (χ2n) is 7.66. The first-order chi connectivity index (χ1) is 14.2. The average molecular weight is 416 g/mol. The summed E-state index contributed by atoms with van der Waals surface area (Å²) in [7, 11) is 1.46. The summed E-state index contributed by atoms with van der Waals surface area (Å²) in [5.74, 6) is -0.418. The first-order valence-corrected chi connectivity index (χ1v) is 9.57. The normalized spacial score (nSPS) is 17.8. The van der Waals surface area contributed by atoms with E-state index >= 15 is 0 Å². The van der Waals surface area contributed by atoms with Crippen LogP contribution in [0.5, 0.6) is 11.5 Å². The quantitative estimate of drug-likeness (QED) is 0.215. The highest BCUT2D eigenvalue weighted by Crippen LogP contribution is 2.34. The Morgan fingerprint density at radius 3 is 2.63 bits per heavy atom. The van der Waals surface area contributed by atoms with Gasteiger partial charge in [0.05, 0.1) is 19.2 Å². The van der Waals surface area contributed by atoms with Gasteiger partial charge in [0.15, 0.2) is 11.5 Å². The van der Waals surface area contributed by atoms with Crippen molar-refractivity contribution in [3.63, 3.8) is 0 Å². The number of urea groups is 1. The fraction of sp³-hybridized carbons (Fsp3) is 0.450. The monoisotopic (exact) mass is 416 g/mol. The van der Waals surface area contributed by atoms with Gasteiger partial charge in [-0.15, -0.1) is 0 Å². The molecule has 0 unspecified atom stereocenters. The minimum Gasteiger partial charge on any atom is -0.493 e. The van der Waals surface area contributed by atoms with E-state index in [2.05, 4.69) is 15.8 Å². The maximum absolute atomic E-state index is 12.1. The second kappa shape index (κ2) is 8.52. The lowest BCUT2D eigenvalue weighted by atomic mass is 10.1. The van der Waals surface area contributed by atoms with E-state index in [0.29, 0.717) is 17.1 Å². The van der Waals surface area contributed by atoms with Crippen molar-refractivity contribution in [1.29, 1.82) is 0 Å². The molecular formula is C20H24N4O6. The molecule has 2 aliphatic rings. The van der Waals surface area contributed by atoms with Crippen LogP contribution in [-0.2, 0) is 14.4 Å². The molecule has 1 aromatic rings. The number of esters is 1. The number of amides is 4. The molecule has 10 nitrogen and oxygen atoms in total. The van der Waals surface area contributed by atoms with Crippen molar-refractivity contribution in [2.75, 3.05) is 13.7 Å². The summed E-state index contributed by atoms with van der Waals surface area (Å²) in [6, 6.07) is 4.38. The van der Waals surface area contributed by atoms with E-state index in [1.165, 1.54) is 13.3 Å². The molecule has 0 atom stereocenters. The van der Waals surface area contributed by atoms with Crippen molar-refractivity contribution in [1.82, 2.24) is 15.6 Å². The van der Waals surface area contributed by atoms with Crippen LogP contribution in [-0.4, -0.2) is 54.1 Å².